The predicted octanol–water partition coefficient (Wildman–Crippen LogP) is 5.70. The van der Waals surface area contributed by atoms with E-state index in [0.29, 0.717) is 30.5 Å². The third-order valence-corrected chi connectivity index (χ3v) is 11.3. The lowest BCUT2D eigenvalue weighted by Crippen LogP contribution is -2.59. The summed E-state index contributed by atoms with van der Waals surface area (Å²) in [6.45, 7) is 7.40. The zero-order valence-corrected chi connectivity index (χ0v) is 30.8. The fraction of sp³-hybridized carbons (Fsp3) is 0.333. The Morgan fingerprint density at radius 3 is 2.38 bits per heavy atom. The molecule has 0 saturated carbocycles. The predicted molar refractivity (Wildman–Crippen MR) is 210 cm³/mol. The Hall–Kier alpha value is -5.58. The van der Waals surface area contributed by atoms with E-state index in [-0.39, 0.29) is 37.7 Å². The number of aliphatic hydroxyl groups is 1. The maximum Gasteiger partial charge on any atom is 0.313 e. The molecule has 3 aliphatic heterocycles. The van der Waals surface area contributed by atoms with Crippen LogP contribution >= 0.6 is 0 Å². The minimum Gasteiger partial charge on any atom is -0.455 e. The third-order valence-electron chi connectivity index (χ3n) is 11.3. The monoisotopic (exact) mass is 741 g/mol. The highest BCUT2D eigenvalue weighted by molar-refractivity contribution is 6.05. The van der Waals surface area contributed by atoms with Crippen LogP contribution in [0.4, 0.5) is 5.69 Å². The van der Waals surface area contributed by atoms with Crippen molar-refractivity contribution in [3.8, 4) is 0 Å². The lowest BCUT2D eigenvalue weighted by molar-refractivity contribution is -0.161. The fourth-order valence-corrected chi connectivity index (χ4v) is 8.75. The normalized spacial score (nSPS) is 23.5. The second kappa shape index (κ2) is 16.4. The Morgan fingerprint density at radius 2 is 1.67 bits per heavy atom. The van der Waals surface area contributed by atoms with E-state index in [1.807, 2.05) is 103 Å². The maximum absolute atomic E-state index is 15.2. The third kappa shape index (κ3) is 7.32. The minimum absolute atomic E-state index is 0.0346. The largest absolute Gasteiger partial charge is 0.455 e. The van der Waals surface area contributed by atoms with Gasteiger partial charge in [0.1, 0.15) is 17.7 Å². The summed E-state index contributed by atoms with van der Waals surface area (Å²) >= 11 is 0. The molecular weight excluding hydrogens is 695 g/mol. The fourth-order valence-electron chi connectivity index (χ4n) is 8.75. The first-order chi connectivity index (χ1) is 26.8. The maximum atomic E-state index is 15.2. The average molecular weight is 742 g/mol. The summed E-state index contributed by atoms with van der Waals surface area (Å²) in [7, 11) is 0. The van der Waals surface area contributed by atoms with Crippen LogP contribution in [0.3, 0.4) is 0 Å². The van der Waals surface area contributed by atoms with Crippen LogP contribution in [0.5, 0.6) is 0 Å². The summed E-state index contributed by atoms with van der Waals surface area (Å²) < 4.78 is 13.0. The number of ether oxygens (including phenoxy) is 2. The van der Waals surface area contributed by atoms with Crippen LogP contribution in [0.25, 0.3) is 10.8 Å². The molecule has 3 heterocycles. The number of amides is 3. The van der Waals surface area contributed by atoms with Crippen molar-refractivity contribution < 1.29 is 33.8 Å². The van der Waals surface area contributed by atoms with Gasteiger partial charge in [0.2, 0.25) is 11.8 Å². The molecule has 3 amide bonds. The Labute approximate surface area is 321 Å². The van der Waals surface area contributed by atoms with Crippen molar-refractivity contribution in [3.63, 3.8) is 0 Å². The number of carbonyl (C=O) groups excluding carboxylic acids is 4. The van der Waals surface area contributed by atoms with Crippen LogP contribution in [0.2, 0.25) is 0 Å². The molecule has 0 aromatic heterocycles. The van der Waals surface area contributed by atoms with E-state index in [1.54, 1.807) is 17.1 Å². The van der Waals surface area contributed by atoms with Gasteiger partial charge >= 0.3 is 5.97 Å². The summed E-state index contributed by atoms with van der Waals surface area (Å²) in [4.78, 5) is 60.4. The number of benzene rings is 4. The Morgan fingerprint density at radius 1 is 0.964 bits per heavy atom. The Kier molecular flexibility index (Phi) is 11.3. The zero-order chi connectivity index (χ0) is 38.5. The molecule has 4 aromatic rings. The molecule has 3 aliphatic rings. The van der Waals surface area contributed by atoms with Gasteiger partial charge in [0.15, 0.2) is 0 Å². The van der Waals surface area contributed by atoms with Crippen LogP contribution in [0.15, 0.2) is 128 Å². The van der Waals surface area contributed by atoms with Crippen molar-refractivity contribution in [1.29, 1.82) is 0 Å². The highest BCUT2D eigenvalue weighted by Crippen LogP contribution is 2.59. The molecule has 0 radical (unpaired) electrons. The highest BCUT2D eigenvalue weighted by Gasteiger charge is 2.75. The van der Waals surface area contributed by atoms with Crippen LogP contribution in [-0.2, 0) is 35.1 Å². The lowest BCUT2D eigenvalue weighted by atomic mass is 9.70. The van der Waals surface area contributed by atoms with Gasteiger partial charge in [-0.2, -0.15) is 0 Å². The van der Waals surface area contributed by atoms with Crippen LogP contribution < -0.4 is 10.2 Å². The number of allylic oxidation sites excluding steroid dienone is 1. The lowest BCUT2D eigenvalue weighted by Gasteiger charge is -2.39. The van der Waals surface area contributed by atoms with Crippen molar-refractivity contribution in [2.45, 2.75) is 62.0 Å². The Bertz CT molecular complexity index is 2060. The second-order valence-corrected chi connectivity index (χ2v) is 14.6. The molecule has 10 nitrogen and oxygen atoms in total. The van der Waals surface area contributed by atoms with Crippen LogP contribution in [0, 0.1) is 11.8 Å². The van der Waals surface area contributed by atoms with Gasteiger partial charge in [-0.1, -0.05) is 103 Å². The van der Waals surface area contributed by atoms with Crippen molar-refractivity contribution in [2.24, 2.45) is 11.8 Å². The molecule has 2 bridgehead atoms. The van der Waals surface area contributed by atoms with E-state index >= 15 is 9.59 Å². The summed E-state index contributed by atoms with van der Waals surface area (Å²) in [6, 6.07) is 30.3. The Balaban J connectivity index is 1.25. The highest BCUT2D eigenvalue weighted by atomic mass is 16.6. The number of nitrogens with one attached hydrogen (secondary N) is 1. The topological polar surface area (TPSA) is 125 Å². The molecular formula is C45H47N3O7. The van der Waals surface area contributed by atoms with Gasteiger partial charge < -0.3 is 29.7 Å². The smallest absolute Gasteiger partial charge is 0.313 e. The number of likely N-dealkylation sites (tertiary alicyclic amines) is 1. The number of rotatable bonds is 16. The van der Waals surface area contributed by atoms with Crippen molar-refractivity contribution >= 4 is 40.2 Å². The summed E-state index contributed by atoms with van der Waals surface area (Å²) in [5.41, 5.74) is 0.854. The molecule has 55 heavy (non-hydrogen) atoms. The van der Waals surface area contributed by atoms with Crippen molar-refractivity contribution in [1.82, 2.24) is 10.2 Å². The molecule has 10 heteroatoms. The molecule has 1 spiro atoms. The number of nitrogens with zero attached hydrogens (tertiary/aromatic N) is 2. The quantitative estimate of drug-likeness (QED) is 0.112. The number of carbonyl (C=O) groups is 4. The number of hydrogen-bond acceptors (Lipinski definition) is 7. The van der Waals surface area contributed by atoms with E-state index < -0.39 is 60.2 Å². The summed E-state index contributed by atoms with van der Waals surface area (Å²) in [6.07, 6.45) is 3.67. The van der Waals surface area contributed by atoms with Gasteiger partial charge in [-0.15, -0.1) is 13.2 Å². The number of anilines is 1. The van der Waals surface area contributed by atoms with E-state index in [9.17, 15) is 14.7 Å². The van der Waals surface area contributed by atoms with E-state index in [4.69, 9.17) is 9.47 Å². The number of fused-ring (bicyclic) bond motifs is 2. The van der Waals surface area contributed by atoms with Crippen LogP contribution in [0.1, 0.15) is 42.9 Å². The first-order valence-corrected chi connectivity index (χ1v) is 19.0. The molecule has 3 fully saturated rings. The van der Waals surface area contributed by atoms with Gasteiger partial charge in [-0.05, 0) is 59.7 Å². The zero-order valence-electron chi connectivity index (χ0n) is 30.8. The minimum atomic E-state index is -1.34. The van der Waals surface area contributed by atoms with E-state index in [1.165, 1.54) is 4.90 Å². The molecule has 0 aliphatic carbocycles. The SMILES string of the molecule is C=CCCC(=O)NC[C@@H](OC(=O)[C@@H]1[C@@H]2CC[C@]3(O2)[C@H](C(=O)N(CC=C)c2ccc4ccccc4c2)N([C@@H](CO)Cc2ccccc2)C(=O)[C@@H]13)c1ccccc1. The first kappa shape index (κ1) is 37.7. The first-order valence-electron chi connectivity index (χ1n) is 19.0. The number of esters is 1. The molecule has 7 atom stereocenters. The molecule has 7 rings (SSSR count). The number of aliphatic hydroxyl groups excluding tert-OH is 1. The van der Waals surface area contributed by atoms with Crippen molar-refractivity contribution in [3.05, 3.63) is 140 Å². The standard InChI is InChI=1S/C45H47N3O7/c1-3-5-20-38(50)46-28-37(32-17-10-7-11-18-32)54-44(53)39-36-23-24-45(55-36)40(39)42(51)48(35(29-49)26-30-14-8-6-9-15-30)41(45)43(52)47(25-4-2)34-22-21-31-16-12-13-19-33(31)27-34/h3-4,6-19,21-22,27,35-37,39-41,49H,1-2,5,20,23-26,28-29H2,(H,46,50)/t35-,36+,37-,39-,40-,41+,45-/m1/s1. The van der Waals surface area contributed by atoms with Gasteiger partial charge in [-0.25, -0.2) is 0 Å². The van der Waals surface area contributed by atoms with Crippen molar-refractivity contribution in [2.75, 3.05) is 24.6 Å². The number of hydrogen-bond donors (Lipinski definition) is 2. The van der Waals surface area contributed by atoms with Gasteiger partial charge in [0, 0.05) is 18.7 Å². The molecule has 284 valence electrons. The second-order valence-electron chi connectivity index (χ2n) is 14.6. The molecule has 4 aromatic carbocycles. The van der Waals surface area contributed by atoms with Gasteiger partial charge in [0.05, 0.1) is 37.1 Å². The summed E-state index contributed by atoms with van der Waals surface area (Å²) in [5, 5.41) is 15.8. The molecule has 3 saturated heterocycles. The van der Waals surface area contributed by atoms with Crippen LogP contribution in [-0.4, -0.2) is 77.2 Å². The average Bonchev–Trinajstić information content (AvgIpc) is 3.87. The molecule has 0 unspecified atom stereocenters. The van der Waals surface area contributed by atoms with E-state index in [0.717, 1.165) is 16.3 Å². The van der Waals surface area contributed by atoms with Gasteiger partial charge in [0.25, 0.3) is 5.91 Å². The van der Waals surface area contributed by atoms with E-state index in [2.05, 4.69) is 18.5 Å². The summed E-state index contributed by atoms with van der Waals surface area (Å²) in [5.74, 6) is -3.67. The van der Waals surface area contributed by atoms with Gasteiger partial charge in [-0.3, -0.25) is 19.2 Å². The molecule has 2 N–H and O–H groups in total.